The van der Waals surface area contributed by atoms with Gasteiger partial charge in [0, 0.05) is 27.2 Å². The van der Waals surface area contributed by atoms with Gasteiger partial charge >= 0.3 is 0 Å². The zero-order valence-electron chi connectivity index (χ0n) is 27.7. The first kappa shape index (κ1) is 29.1. The van der Waals surface area contributed by atoms with Gasteiger partial charge in [-0.3, -0.25) is 0 Å². The highest BCUT2D eigenvalue weighted by Crippen LogP contribution is 2.38. The van der Waals surface area contributed by atoms with Crippen molar-refractivity contribution in [2.75, 3.05) is 0 Å². The van der Waals surface area contributed by atoms with Crippen LogP contribution in [0.5, 0.6) is 11.5 Å². The van der Waals surface area contributed by atoms with Gasteiger partial charge in [0.05, 0.1) is 11.0 Å². The Hall–Kier alpha value is -6.84. The summed E-state index contributed by atoms with van der Waals surface area (Å²) in [5, 5.41) is 4.74. The molecule has 0 spiro atoms. The summed E-state index contributed by atoms with van der Waals surface area (Å²) in [6.45, 7) is 0. The molecule has 0 atom stereocenters. The van der Waals surface area contributed by atoms with E-state index in [2.05, 4.69) is 138 Å². The van der Waals surface area contributed by atoms with Crippen molar-refractivity contribution in [3.63, 3.8) is 0 Å². The van der Waals surface area contributed by atoms with Crippen LogP contribution in [-0.4, -0.2) is 4.57 Å². The van der Waals surface area contributed by atoms with Gasteiger partial charge in [0.15, 0.2) is 0 Å². The summed E-state index contributed by atoms with van der Waals surface area (Å²) in [7, 11) is 0. The van der Waals surface area contributed by atoms with Crippen molar-refractivity contribution >= 4 is 43.7 Å². The lowest BCUT2D eigenvalue weighted by molar-refractivity contribution is 0.483. The lowest BCUT2D eigenvalue weighted by atomic mass is 9.98. The molecule has 3 heteroatoms. The summed E-state index contributed by atoms with van der Waals surface area (Å²) in [6, 6.07) is 66.1. The lowest BCUT2D eigenvalue weighted by Gasteiger charge is -2.12. The number of hydrogen-bond donors (Lipinski definition) is 0. The Balaban J connectivity index is 1.03. The molecule has 0 aliphatic rings. The molecule has 2 aromatic heterocycles. The number of ether oxygens (including phenoxy) is 1. The van der Waals surface area contributed by atoms with Crippen molar-refractivity contribution in [3.8, 4) is 50.6 Å². The maximum absolute atomic E-state index is 6.14. The monoisotopic (exact) mass is 653 g/mol. The van der Waals surface area contributed by atoms with Gasteiger partial charge in [0.1, 0.15) is 22.7 Å². The first-order valence-corrected chi connectivity index (χ1v) is 17.2. The molecule has 0 fully saturated rings. The Morgan fingerprint density at radius 1 is 0.333 bits per heavy atom. The molecular weight excluding hydrogens is 623 g/mol. The fraction of sp³-hybridized carbons (Fsp3) is 0. The van der Waals surface area contributed by atoms with Crippen LogP contribution in [0.4, 0.5) is 0 Å². The van der Waals surface area contributed by atoms with Crippen LogP contribution in [0.25, 0.3) is 82.8 Å². The Morgan fingerprint density at radius 2 is 0.902 bits per heavy atom. The van der Waals surface area contributed by atoms with Gasteiger partial charge in [-0.05, 0) is 112 Å². The molecule has 0 aliphatic heterocycles. The molecule has 51 heavy (non-hydrogen) atoms. The van der Waals surface area contributed by atoms with Crippen LogP contribution in [0.2, 0.25) is 0 Å². The van der Waals surface area contributed by atoms with Crippen LogP contribution in [-0.2, 0) is 0 Å². The number of para-hydroxylation sites is 3. The van der Waals surface area contributed by atoms with Crippen LogP contribution >= 0.6 is 0 Å². The third-order valence-electron chi connectivity index (χ3n) is 9.83. The van der Waals surface area contributed by atoms with E-state index in [1.165, 1.54) is 32.9 Å². The number of nitrogens with zero attached hydrogens (tertiary/aromatic N) is 1. The van der Waals surface area contributed by atoms with Crippen LogP contribution in [0.15, 0.2) is 192 Å². The Bertz CT molecular complexity index is 2900. The van der Waals surface area contributed by atoms with E-state index in [4.69, 9.17) is 9.15 Å². The van der Waals surface area contributed by atoms with Gasteiger partial charge in [-0.25, -0.2) is 0 Å². The maximum atomic E-state index is 6.14. The first-order chi connectivity index (χ1) is 25.2. The average Bonchev–Trinajstić information content (AvgIpc) is 3.74. The van der Waals surface area contributed by atoms with Crippen molar-refractivity contribution in [2.45, 2.75) is 0 Å². The molecule has 0 saturated carbocycles. The molecule has 0 unspecified atom stereocenters. The van der Waals surface area contributed by atoms with Crippen molar-refractivity contribution in [2.24, 2.45) is 0 Å². The Kier molecular flexibility index (Phi) is 6.81. The quantitative estimate of drug-likeness (QED) is 0.179. The second-order valence-corrected chi connectivity index (χ2v) is 13.0. The van der Waals surface area contributed by atoms with Gasteiger partial charge in [0.25, 0.3) is 0 Å². The molecule has 0 aliphatic carbocycles. The highest BCUT2D eigenvalue weighted by Gasteiger charge is 2.15. The molecule has 240 valence electrons. The van der Waals surface area contributed by atoms with E-state index in [9.17, 15) is 0 Å². The predicted octanol–water partition coefficient (Wildman–Crippen LogP) is 13.5. The van der Waals surface area contributed by atoms with Crippen LogP contribution in [0.1, 0.15) is 0 Å². The number of rotatable bonds is 6. The van der Waals surface area contributed by atoms with E-state index < -0.39 is 0 Å². The molecule has 10 rings (SSSR count). The van der Waals surface area contributed by atoms with E-state index in [1.54, 1.807) is 0 Å². The summed E-state index contributed by atoms with van der Waals surface area (Å²) in [5.74, 6) is 1.64. The number of furan rings is 1. The molecule has 0 radical (unpaired) electrons. The SMILES string of the molecule is c1ccc(Oc2cccc(-c3cccc(-c4cccc(-n5c6ccccc6c6cc(-c7ccc8oc9ccccc9c8c7)ccc65)c4)c3)c2)cc1. The minimum atomic E-state index is 0.816. The van der Waals surface area contributed by atoms with Crippen molar-refractivity contribution in [3.05, 3.63) is 188 Å². The smallest absolute Gasteiger partial charge is 0.135 e. The number of hydrogen-bond acceptors (Lipinski definition) is 2. The second kappa shape index (κ2) is 11.9. The predicted molar refractivity (Wildman–Crippen MR) is 211 cm³/mol. The maximum Gasteiger partial charge on any atom is 0.135 e. The van der Waals surface area contributed by atoms with E-state index in [0.717, 1.165) is 61.4 Å². The van der Waals surface area contributed by atoms with Gasteiger partial charge in [-0.15, -0.1) is 0 Å². The minimum Gasteiger partial charge on any atom is -0.457 e. The average molecular weight is 654 g/mol. The lowest BCUT2D eigenvalue weighted by Crippen LogP contribution is -1.94. The zero-order chi connectivity index (χ0) is 33.7. The van der Waals surface area contributed by atoms with Gasteiger partial charge < -0.3 is 13.7 Å². The molecule has 0 bridgehead atoms. The minimum absolute atomic E-state index is 0.816. The van der Waals surface area contributed by atoms with Gasteiger partial charge in [-0.1, -0.05) is 109 Å². The molecule has 3 nitrogen and oxygen atoms in total. The van der Waals surface area contributed by atoms with Crippen LogP contribution < -0.4 is 4.74 Å². The normalized spacial score (nSPS) is 11.5. The number of benzene rings is 8. The second-order valence-electron chi connectivity index (χ2n) is 13.0. The van der Waals surface area contributed by atoms with E-state index in [0.29, 0.717) is 0 Å². The zero-order valence-corrected chi connectivity index (χ0v) is 27.7. The largest absolute Gasteiger partial charge is 0.457 e. The molecule has 10 aromatic rings. The molecule has 2 heterocycles. The van der Waals surface area contributed by atoms with E-state index in [-0.39, 0.29) is 0 Å². The van der Waals surface area contributed by atoms with Crippen molar-refractivity contribution < 1.29 is 9.15 Å². The van der Waals surface area contributed by atoms with Crippen LogP contribution in [0.3, 0.4) is 0 Å². The summed E-state index contributed by atoms with van der Waals surface area (Å²) in [4.78, 5) is 0. The third kappa shape index (κ3) is 5.15. The first-order valence-electron chi connectivity index (χ1n) is 17.2. The number of aromatic nitrogens is 1. The molecular formula is C48H31NO2. The Morgan fingerprint density at radius 3 is 1.75 bits per heavy atom. The topological polar surface area (TPSA) is 27.3 Å². The molecule has 0 saturated heterocycles. The highest BCUT2D eigenvalue weighted by atomic mass is 16.5. The fourth-order valence-electron chi connectivity index (χ4n) is 7.40. The fourth-order valence-corrected chi connectivity index (χ4v) is 7.40. The standard InChI is InChI=1S/C48H31NO2/c1-2-16-39(17-3-1)50-40-18-10-14-35(29-40)33-12-8-11-32(27-33)34-13-9-15-38(28-34)49-45-21-6-4-19-41(45)43-30-36(23-25-46(43)49)37-24-26-48-44(31-37)42-20-5-7-22-47(42)51-48/h1-31H. The van der Waals surface area contributed by atoms with Crippen molar-refractivity contribution in [1.29, 1.82) is 0 Å². The van der Waals surface area contributed by atoms with Gasteiger partial charge in [-0.2, -0.15) is 0 Å². The van der Waals surface area contributed by atoms with Gasteiger partial charge in [0.2, 0.25) is 0 Å². The van der Waals surface area contributed by atoms with E-state index in [1.807, 2.05) is 54.6 Å². The summed E-state index contributed by atoms with van der Waals surface area (Å²) in [6.07, 6.45) is 0. The summed E-state index contributed by atoms with van der Waals surface area (Å²) in [5.41, 5.74) is 12.2. The van der Waals surface area contributed by atoms with Crippen LogP contribution in [0, 0.1) is 0 Å². The molecule has 8 aromatic carbocycles. The summed E-state index contributed by atoms with van der Waals surface area (Å²) >= 11 is 0. The Labute approximate surface area is 295 Å². The van der Waals surface area contributed by atoms with Crippen molar-refractivity contribution in [1.82, 2.24) is 4.57 Å². The highest BCUT2D eigenvalue weighted by molar-refractivity contribution is 6.11. The molecule has 0 N–H and O–H groups in total. The third-order valence-corrected chi connectivity index (χ3v) is 9.83. The number of fused-ring (bicyclic) bond motifs is 6. The summed E-state index contributed by atoms with van der Waals surface area (Å²) < 4.78 is 14.6. The molecule has 0 amide bonds. The van der Waals surface area contributed by atoms with E-state index >= 15 is 0 Å².